The second-order valence-corrected chi connectivity index (χ2v) is 8.06. The molecule has 33 heavy (non-hydrogen) atoms. The lowest BCUT2D eigenvalue weighted by atomic mass is 10.1. The minimum Gasteiger partial charge on any atom is -0.495 e. The predicted molar refractivity (Wildman–Crippen MR) is 126 cm³/mol. The Morgan fingerprint density at radius 1 is 1.12 bits per heavy atom. The van der Waals surface area contributed by atoms with Crippen LogP contribution in [-0.2, 0) is 11.8 Å². The van der Waals surface area contributed by atoms with Crippen molar-refractivity contribution in [2.45, 2.75) is 25.8 Å². The normalized spacial score (nSPS) is 14.4. The smallest absolute Gasteiger partial charge is 0.227 e. The average Bonchev–Trinajstić information content (AvgIpc) is 3.26. The lowest BCUT2D eigenvalue weighted by molar-refractivity contribution is 0.0904. The lowest BCUT2D eigenvalue weighted by Crippen LogP contribution is -2.28. The van der Waals surface area contributed by atoms with Crippen molar-refractivity contribution in [3.8, 4) is 17.0 Å². The SMILES string of the molecule is COc1cc(-c2cnnn2C)ccc1Nc1ncc2cc(C)nc(NC3CCOCC3)c2n1. The predicted octanol–water partition coefficient (Wildman–Crippen LogP) is 3.47. The van der Waals surface area contributed by atoms with Crippen molar-refractivity contribution in [3.63, 3.8) is 0 Å². The number of hydrogen-bond acceptors (Lipinski definition) is 9. The van der Waals surface area contributed by atoms with Crippen molar-refractivity contribution in [1.29, 1.82) is 0 Å². The van der Waals surface area contributed by atoms with Gasteiger partial charge >= 0.3 is 0 Å². The van der Waals surface area contributed by atoms with Crippen LogP contribution in [0.25, 0.3) is 22.2 Å². The summed E-state index contributed by atoms with van der Waals surface area (Å²) in [6, 6.07) is 8.16. The molecule has 10 nitrogen and oxygen atoms in total. The topological polar surface area (TPSA) is 112 Å². The monoisotopic (exact) mass is 446 g/mol. The quantitative estimate of drug-likeness (QED) is 0.460. The number of aromatic nitrogens is 6. The summed E-state index contributed by atoms with van der Waals surface area (Å²) in [7, 11) is 3.49. The Labute approximate surface area is 191 Å². The molecule has 4 aromatic rings. The molecular formula is C23H26N8O2. The molecule has 0 atom stereocenters. The van der Waals surface area contributed by atoms with E-state index in [2.05, 4.69) is 25.9 Å². The van der Waals surface area contributed by atoms with Crippen LogP contribution in [0.3, 0.4) is 0 Å². The van der Waals surface area contributed by atoms with Crippen LogP contribution < -0.4 is 15.4 Å². The first-order valence-electron chi connectivity index (χ1n) is 10.9. The molecule has 0 spiro atoms. The highest BCUT2D eigenvalue weighted by atomic mass is 16.5. The number of anilines is 3. The zero-order valence-corrected chi connectivity index (χ0v) is 18.9. The van der Waals surface area contributed by atoms with Crippen LogP contribution in [0, 0.1) is 6.92 Å². The van der Waals surface area contributed by atoms with Gasteiger partial charge in [-0.3, -0.25) is 0 Å². The molecule has 1 aliphatic rings. The van der Waals surface area contributed by atoms with E-state index >= 15 is 0 Å². The molecule has 1 saturated heterocycles. The fraction of sp³-hybridized carbons (Fsp3) is 0.348. The lowest BCUT2D eigenvalue weighted by Gasteiger charge is -2.24. The molecule has 1 fully saturated rings. The zero-order chi connectivity index (χ0) is 22.8. The highest BCUT2D eigenvalue weighted by Crippen LogP contribution is 2.32. The number of benzene rings is 1. The molecule has 0 aliphatic carbocycles. The van der Waals surface area contributed by atoms with Crippen LogP contribution in [0.5, 0.6) is 5.75 Å². The Bertz CT molecular complexity index is 1280. The molecule has 3 aromatic heterocycles. The van der Waals surface area contributed by atoms with Gasteiger partial charge < -0.3 is 20.1 Å². The molecule has 1 aromatic carbocycles. The number of pyridine rings is 1. The minimum atomic E-state index is 0.316. The molecule has 4 heterocycles. The number of nitrogens with one attached hydrogen (secondary N) is 2. The molecule has 2 N–H and O–H groups in total. The first kappa shape index (κ1) is 21.1. The van der Waals surface area contributed by atoms with Gasteiger partial charge in [-0.15, -0.1) is 5.10 Å². The van der Waals surface area contributed by atoms with Crippen molar-refractivity contribution >= 4 is 28.4 Å². The number of ether oxygens (including phenoxy) is 2. The standard InChI is InChI=1S/C23H26N8O2/c1-14-10-16-12-24-23(29-21(16)22(26-14)27-17-6-8-33-9-7-17)28-18-5-4-15(11-20(18)32-3)19-13-25-30-31(19)2/h4-5,10-13,17H,6-9H2,1-3H3,(H,26,27)(H,24,28,29). The third-order valence-corrected chi connectivity index (χ3v) is 5.71. The third-order valence-electron chi connectivity index (χ3n) is 5.71. The van der Waals surface area contributed by atoms with Crippen molar-refractivity contribution in [3.05, 3.63) is 42.4 Å². The Balaban J connectivity index is 1.46. The van der Waals surface area contributed by atoms with E-state index in [0.29, 0.717) is 17.7 Å². The first-order chi connectivity index (χ1) is 16.1. The van der Waals surface area contributed by atoms with Gasteiger partial charge in [-0.1, -0.05) is 11.3 Å². The van der Waals surface area contributed by atoms with E-state index in [1.807, 2.05) is 44.4 Å². The van der Waals surface area contributed by atoms with Gasteiger partial charge in [0, 0.05) is 49.1 Å². The van der Waals surface area contributed by atoms with Gasteiger partial charge in [0.25, 0.3) is 0 Å². The average molecular weight is 447 g/mol. The second kappa shape index (κ2) is 8.99. The Morgan fingerprint density at radius 2 is 1.97 bits per heavy atom. The van der Waals surface area contributed by atoms with Crippen LogP contribution in [0.2, 0.25) is 0 Å². The molecular weight excluding hydrogens is 420 g/mol. The van der Waals surface area contributed by atoms with E-state index in [-0.39, 0.29) is 0 Å². The summed E-state index contributed by atoms with van der Waals surface area (Å²) in [5, 5.41) is 15.7. The Morgan fingerprint density at radius 3 is 2.73 bits per heavy atom. The van der Waals surface area contributed by atoms with Gasteiger partial charge in [0.1, 0.15) is 11.3 Å². The van der Waals surface area contributed by atoms with E-state index in [1.54, 1.807) is 18.0 Å². The maximum atomic E-state index is 5.62. The first-order valence-corrected chi connectivity index (χ1v) is 10.9. The maximum Gasteiger partial charge on any atom is 0.227 e. The van der Waals surface area contributed by atoms with Gasteiger partial charge in [0.2, 0.25) is 5.95 Å². The molecule has 1 aliphatic heterocycles. The molecule has 0 unspecified atom stereocenters. The van der Waals surface area contributed by atoms with E-state index in [1.165, 1.54) is 0 Å². The number of aryl methyl sites for hydroxylation is 2. The molecule has 170 valence electrons. The number of methoxy groups -OCH3 is 1. The summed E-state index contributed by atoms with van der Waals surface area (Å²) in [4.78, 5) is 14.0. The van der Waals surface area contributed by atoms with Crippen molar-refractivity contribution in [1.82, 2.24) is 29.9 Å². The Kier molecular flexibility index (Phi) is 5.74. The van der Waals surface area contributed by atoms with Crippen LogP contribution in [0.15, 0.2) is 36.7 Å². The second-order valence-electron chi connectivity index (χ2n) is 8.06. The summed E-state index contributed by atoms with van der Waals surface area (Å²) in [5.74, 6) is 1.91. The van der Waals surface area contributed by atoms with Gasteiger partial charge in [-0.25, -0.2) is 19.6 Å². The maximum absolute atomic E-state index is 5.62. The van der Waals surface area contributed by atoms with E-state index < -0.39 is 0 Å². The van der Waals surface area contributed by atoms with Gasteiger partial charge in [-0.2, -0.15) is 0 Å². The van der Waals surface area contributed by atoms with E-state index in [4.69, 9.17) is 19.4 Å². The summed E-state index contributed by atoms with van der Waals surface area (Å²) in [6.07, 6.45) is 5.43. The van der Waals surface area contributed by atoms with Crippen molar-refractivity contribution < 1.29 is 9.47 Å². The van der Waals surface area contributed by atoms with Crippen LogP contribution >= 0.6 is 0 Å². The molecule has 0 bridgehead atoms. The third kappa shape index (κ3) is 4.42. The molecule has 0 saturated carbocycles. The van der Waals surface area contributed by atoms with E-state index in [0.717, 1.165) is 65.4 Å². The fourth-order valence-corrected chi connectivity index (χ4v) is 3.99. The molecule has 5 rings (SSSR count). The summed E-state index contributed by atoms with van der Waals surface area (Å²) in [6.45, 7) is 3.49. The number of hydrogen-bond donors (Lipinski definition) is 2. The number of fused-ring (bicyclic) bond motifs is 1. The summed E-state index contributed by atoms with van der Waals surface area (Å²) >= 11 is 0. The van der Waals surface area contributed by atoms with E-state index in [9.17, 15) is 0 Å². The number of rotatable bonds is 6. The van der Waals surface area contributed by atoms with Gasteiger partial charge in [0.05, 0.1) is 24.7 Å². The van der Waals surface area contributed by atoms with Crippen LogP contribution in [0.1, 0.15) is 18.5 Å². The molecule has 0 amide bonds. The van der Waals surface area contributed by atoms with Crippen molar-refractivity contribution in [2.75, 3.05) is 31.0 Å². The van der Waals surface area contributed by atoms with Gasteiger partial charge in [0.15, 0.2) is 5.82 Å². The van der Waals surface area contributed by atoms with Crippen LogP contribution in [0.4, 0.5) is 17.5 Å². The van der Waals surface area contributed by atoms with Crippen molar-refractivity contribution in [2.24, 2.45) is 7.05 Å². The minimum absolute atomic E-state index is 0.316. The molecule has 0 radical (unpaired) electrons. The summed E-state index contributed by atoms with van der Waals surface area (Å²) < 4.78 is 12.8. The largest absolute Gasteiger partial charge is 0.495 e. The van der Waals surface area contributed by atoms with Crippen LogP contribution in [-0.4, -0.2) is 56.3 Å². The number of nitrogens with zero attached hydrogens (tertiary/aromatic N) is 6. The van der Waals surface area contributed by atoms with Gasteiger partial charge in [-0.05, 0) is 38.0 Å². The Hall–Kier alpha value is -3.79. The fourth-order valence-electron chi connectivity index (χ4n) is 3.99. The summed E-state index contributed by atoms with van der Waals surface area (Å²) in [5.41, 5.74) is 4.30. The zero-order valence-electron chi connectivity index (χ0n) is 18.9. The highest BCUT2D eigenvalue weighted by molar-refractivity contribution is 5.89. The molecule has 10 heteroatoms. The highest BCUT2D eigenvalue weighted by Gasteiger charge is 2.17.